The SMILES string of the molecule is CO[C@@H]1[C@H](O)[C@@H](O[C@H]2[C@H](C)O[C@H](O[C@@H]3CC[C@]4(C)[C@H](CC[C@]56O[C@]57CC[C@H](C(C)=O)[C@]7(C)[C@@H](O)[C@H](O)[C@@H]46)C3)C[C@@H]2OC)O[C@@H](C)[C@@H]1O. The van der Waals surface area contributed by atoms with Crippen LogP contribution in [0.15, 0.2) is 0 Å². The van der Waals surface area contributed by atoms with Crippen LogP contribution in [-0.4, -0.2) is 125 Å². The highest BCUT2D eigenvalue weighted by atomic mass is 16.7. The topological polar surface area (TPSA) is 166 Å². The number of epoxide rings is 1. The maximum atomic E-state index is 12.7. The predicted octanol–water partition coefficient (Wildman–Crippen LogP) is 1.85. The molecule has 0 radical (unpaired) electrons. The molecular formula is C35H56O12. The number of Topliss-reactive ketones (excluding diaryl/α,β-unsaturated/α-hetero) is 1. The van der Waals surface area contributed by atoms with Gasteiger partial charge in [0, 0.05) is 37.9 Å². The van der Waals surface area contributed by atoms with Crippen molar-refractivity contribution in [2.24, 2.45) is 28.6 Å². The number of ketones is 1. The molecule has 19 atom stereocenters. The van der Waals surface area contributed by atoms with Gasteiger partial charge in [-0.3, -0.25) is 4.79 Å². The van der Waals surface area contributed by atoms with E-state index in [1.165, 1.54) is 7.11 Å². The highest BCUT2D eigenvalue weighted by Crippen LogP contribution is 2.81. The Morgan fingerprint density at radius 2 is 1.55 bits per heavy atom. The summed E-state index contributed by atoms with van der Waals surface area (Å²) in [5.41, 5.74) is -2.07. The summed E-state index contributed by atoms with van der Waals surface area (Å²) >= 11 is 0. The third kappa shape index (κ3) is 4.76. The number of ether oxygens (including phenoxy) is 7. The second-order valence-corrected chi connectivity index (χ2v) is 16.3. The van der Waals surface area contributed by atoms with Crippen molar-refractivity contribution in [2.75, 3.05) is 14.2 Å². The Balaban J connectivity index is 1.01. The predicted molar refractivity (Wildman–Crippen MR) is 165 cm³/mol. The highest BCUT2D eigenvalue weighted by molar-refractivity contribution is 5.80. The third-order valence-corrected chi connectivity index (χ3v) is 14.3. The summed E-state index contributed by atoms with van der Waals surface area (Å²) in [6, 6.07) is 0. The lowest BCUT2D eigenvalue weighted by atomic mass is 9.43. The smallest absolute Gasteiger partial charge is 0.187 e. The van der Waals surface area contributed by atoms with Crippen molar-refractivity contribution < 1.29 is 58.4 Å². The van der Waals surface area contributed by atoms with Crippen LogP contribution in [0, 0.1) is 28.6 Å². The van der Waals surface area contributed by atoms with Crippen molar-refractivity contribution >= 4 is 5.78 Å². The molecule has 4 aliphatic carbocycles. The molecule has 4 N–H and O–H groups in total. The summed E-state index contributed by atoms with van der Waals surface area (Å²) in [5, 5.41) is 44.7. The van der Waals surface area contributed by atoms with Crippen LogP contribution < -0.4 is 0 Å². The number of hydrogen-bond acceptors (Lipinski definition) is 12. The zero-order valence-corrected chi connectivity index (χ0v) is 28.9. The van der Waals surface area contributed by atoms with E-state index in [0.29, 0.717) is 12.8 Å². The Kier molecular flexibility index (Phi) is 8.78. The van der Waals surface area contributed by atoms with Crippen LogP contribution in [0.5, 0.6) is 0 Å². The molecule has 0 bridgehead atoms. The minimum Gasteiger partial charge on any atom is -0.390 e. The van der Waals surface area contributed by atoms with Gasteiger partial charge in [-0.2, -0.15) is 0 Å². The molecule has 12 nitrogen and oxygen atoms in total. The molecular weight excluding hydrogens is 612 g/mol. The summed E-state index contributed by atoms with van der Waals surface area (Å²) in [7, 11) is 3.05. The first-order valence-electron chi connectivity index (χ1n) is 17.8. The molecule has 0 amide bonds. The first kappa shape index (κ1) is 34.7. The van der Waals surface area contributed by atoms with Gasteiger partial charge < -0.3 is 53.6 Å². The number of carbonyl (C=O) groups excluding carboxylic acids is 1. The largest absolute Gasteiger partial charge is 0.390 e. The Bertz CT molecular complexity index is 1200. The van der Waals surface area contributed by atoms with Crippen molar-refractivity contribution in [3.05, 3.63) is 0 Å². The van der Waals surface area contributed by atoms with E-state index >= 15 is 0 Å². The normalized spacial score (nSPS) is 58.6. The Morgan fingerprint density at radius 3 is 2.23 bits per heavy atom. The number of carbonyl (C=O) groups is 1. The summed E-state index contributed by atoms with van der Waals surface area (Å²) in [5.74, 6) is -0.163. The summed E-state index contributed by atoms with van der Waals surface area (Å²) in [4.78, 5) is 12.7. The van der Waals surface area contributed by atoms with Crippen molar-refractivity contribution in [3.8, 4) is 0 Å². The van der Waals surface area contributed by atoms with Gasteiger partial charge in [0.25, 0.3) is 0 Å². The quantitative estimate of drug-likeness (QED) is 0.230. The Hall–Kier alpha value is -0.770. The first-order valence-corrected chi connectivity index (χ1v) is 17.8. The molecule has 0 aromatic carbocycles. The first-order chi connectivity index (χ1) is 22.2. The Morgan fingerprint density at radius 1 is 0.809 bits per heavy atom. The highest BCUT2D eigenvalue weighted by Gasteiger charge is 2.90. The van der Waals surface area contributed by atoms with Gasteiger partial charge in [-0.25, -0.2) is 0 Å². The molecule has 47 heavy (non-hydrogen) atoms. The van der Waals surface area contributed by atoms with Gasteiger partial charge in [-0.1, -0.05) is 13.8 Å². The minimum atomic E-state index is -1.19. The van der Waals surface area contributed by atoms with E-state index in [1.807, 2.05) is 13.8 Å². The summed E-state index contributed by atoms with van der Waals surface area (Å²) in [6.45, 7) is 9.45. The number of aliphatic hydroxyl groups is 4. The molecule has 12 heteroatoms. The zero-order valence-electron chi connectivity index (χ0n) is 28.9. The van der Waals surface area contributed by atoms with Gasteiger partial charge in [-0.05, 0) is 77.0 Å². The van der Waals surface area contributed by atoms with E-state index in [1.54, 1.807) is 21.0 Å². The fraction of sp³-hybridized carbons (Fsp3) is 0.971. The molecule has 2 spiro atoms. The van der Waals surface area contributed by atoms with Gasteiger partial charge >= 0.3 is 0 Å². The van der Waals surface area contributed by atoms with Gasteiger partial charge in [0.2, 0.25) is 0 Å². The molecule has 7 aliphatic rings. The number of methoxy groups -OCH3 is 2. The minimum absolute atomic E-state index is 0.0406. The molecule has 268 valence electrons. The molecule has 3 aliphatic heterocycles. The Labute approximate surface area is 277 Å². The van der Waals surface area contributed by atoms with Crippen molar-refractivity contribution in [2.45, 2.75) is 171 Å². The molecule has 3 heterocycles. The number of fused-ring (bicyclic) bond motifs is 2. The lowest BCUT2D eigenvalue weighted by Gasteiger charge is -2.61. The van der Waals surface area contributed by atoms with E-state index in [2.05, 4.69) is 6.92 Å². The van der Waals surface area contributed by atoms with Crippen molar-refractivity contribution in [1.29, 1.82) is 0 Å². The zero-order chi connectivity index (χ0) is 33.8. The fourth-order valence-corrected chi connectivity index (χ4v) is 11.9. The molecule has 0 aromatic rings. The number of aliphatic hydroxyl groups excluding tert-OH is 4. The van der Waals surface area contributed by atoms with Crippen molar-refractivity contribution in [3.63, 3.8) is 0 Å². The lowest BCUT2D eigenvalue weighted by molar-refractivity contribution is -0.343. The van der Waals surface area contributed by atoms with Crippen LogP contribution >= 0.6 is 0 Å². The van der Waals surface area contributed by atoms with E-state index in [4.69, 9.17) is 33.2 Å². The maximum Gasteiger partial charge on any atom is 0.187 e. The van der Waals surface area contributed by atoms with Gasteiger partial charge in [0.05, 0.1) is 36.6 Å². The average molecular weight is 669 g/mol. The molecule has 7 fully saturated rings. The van der Waals surface area contributed by atoms with Crippen LogP contribution in [0.1, 0.15) is 86.0 Å². The van der Waals surface area contributed by atoms with Crippen molar-refractivity contribution in [1.82, 2.24) is 0 Å². The lowest BCUT2D eigenvalue weighted by Crippen LogP contribution is -2.69. The van der Waals surface area contributed by atoms with Gasteiger partial charge in [-0.15, -0.1) is 0 Å². The molecule has 7 rings (SSSR count). The standard InChI is InChI=1S/C35H56O12/c1-16(36)21-10-13-35-33(21,5)30(40)26(39)29-32(4)11-9-20(14-19(32)8-12-34(29,35)47-35)45-23-15-22(41-6)27(18(3)43-23)46-31-25(38)28(42-7)24(37)17(2)44-31/h17-31,37-40H,8-15H2,1-7H3/t17-,18-,19+,20+,21+,22-,23+,24-,25-,26+,27-,28-,29-,30-,31+,32+,33+,34+,35-/m0/s1. The van der Waals surface area contributed by atoms with Crippen LogP contribution in [0.2, 0.25) is 0 Å². The summed E-state index contributed by atoms with van der Waals surface area (Å²) < 4.78 is 43.0. The monoisotopic (exact) mass is 668 g/mol. The van der Waals surface area contributed by atoms with Crippen LogP contribution in [-0.2, 0) is 38.0 Å². The van der Waals surface area contributed by atoms with E-state index in [9.17, 15) is 25.2 Å². The average Bonchev–Trinajstić information content (AvgIpc) is 3.57. The van der Waals surface area contributed by atoms with Crippen LogP contribution in [0.4, 0.5) is 0 Å². The van der Waals surface area contributed by atoms with E-state index < -0.39 is 78.0 Å². The van der Waals surface area contributed by atoms with Gasteiger partial charge in [0.1, 0.15) is 41.4 Å². The van der Waals surface area contributed by atoms with Gasteiger partial charge in [0.15, 0.2) is 12.6 Å². The van der Waals surface area contributed by atoms with E-state index in [-0.39, 0.29) is 41.2 Å². The fourth-order valence-electron chi connectivity index (χ4n) is 11.9. The maximum absolute atomic E-state index is 12.7. The molecule has 3 saturated heterocycles. The summed E-state index contributed by atoms with van der Waals surface area (Å²) in [6.07, 6.45) is -2.44. The van der Waals surface area contributed by atoms with E-state index in [0.717, 1.165) is 38.5 Å². The molecule has 4 saturated carbocycles. The van der Waals surface area contributed by atoms with Crippen LogP contribution in [0.3, 0.4) is 0 Å². The number of rotatable bonds is 7. The second kappa shape index (κ2) is 11.9. The van der Waals surface area contributed by atoms with Crippen LogP contribution in [0.25, 0.3) is 0 Å². The second-order valence-electron chi connectivity index (χ2n) is 16.3. The molecule has 0 aromatic heterocycles. The molecule has 0 unspecified atom stereocenters. The number of hydrogen-bond donors (Lipinski definition) is 4. The third-order valence-electron chi connectivity index (χ3n) is 14.3.